The molecule has 0 saturated carbocycles. The van der Waals surface area contributed by atoms with Gasteiger partial charge < -0.3 is 33.8 Å². The van der Waals surface area contributed by atoms with Gasteiger partial charge in [0.2, 0.25) is 0 Å². The van der Waals surface area contributed by atoms with Crippen LogP contribution in [0.15, 0.2) is 0 Å². The number of hydrogen-bond acceptors (Lipinski definition) is 15. The number of rotatable bonds is 66. The summed E-state index contributed by atoms with van der Waals surface area (Å²) in [5, 5.41) is 10.5. The summed E-state index contributed by atoms with van der Waals surface area (Å²) >= 11 is 0. The van der Waals surface area contributed by atoms with Crippen LogP contribution in [0, 0.1) is 0 Å². The predicted octanol–water partition coefficient (Wildman–Crippen LogP) is 18.3. The molecule has 0 spiro atoms. The van der Waals surface area contributed by atoms with Crippen LogP contribution in [0.3, 0.4) is 0 Å². The monoisotopic (exact) mass is 1240 g/mol. The average molecular weight is 1240 g/mol. The minimum Gasteiger partial charge on any atom is -0.462 e. The highest BCUT2D eigenvalue weighted by Crippen LogP contribution is 2.45. The molecule has 3 N–H and O–H groups in total. The number of hydrogen-bond donors (Lipinski definition) is 3. The lowest BCUT2D eigenvalue weighted by Gasteiger charge is -2.21. The smallest absolute Gasteiger partial charge is 0.462 e. The Morgan fingerprint density at radius 1 is 0.286 bits per heavy atom. The van der Waals surface area contributed by atoms with Crippen molar-refractivity contribution in [1.29, 1.82) is 0 Å². The molecule has 0 rings (SSSR count). The third-order valence-electron chi connectivity index (χ3n) is 15.1. The fourth-order valence-electron chi connectivity index (χ4n) is 9.81. The number of aliphatic hydroxyl groups is 1. The van der Waals surface area contributed by atoms with Crippen molar-refractivity contribution in [3.63, 3.8) is 0 Å². The zero-order chi connectivity index (χ0) is 61.9. The molecule has 498 valence electrons. The number of phosphoric acid groups is 2. The Balaban J connectivity index is 5.08. The molecule has 0 aliphatic rings. The summed E-state index contributed by atoms with van der Waals surface area (Å²) in [5.41, 5.74) is 0. The largest absolute Gasteiger partial charge is 0.472 e. The van der Waals surface area contributed by atoms with Gasteiger partial charge in [0, 0.05) is 25.7 Å². The Morgan fingerprint density at radius 2 is 0.476 bits per heavy atom. The van der Waals surface area contributed by atoms with Crippen LogP contribution in [0.2, 0.25) is 0 Å². The number of unbranched alkanes of at least 4 members (excludes halogenated alkanes) is 40. The molecule has 19 heteroatoms. The fraction of sp³-hybridized carbons (Fsp3) is 0.938. The molecule has 0 amide bonds. The fourth-order valence-corrected chi connectivity index (χ4v) is 11.4. The molecule has 84 heavy (non-hydrogen) atoms. The molecule has 17 nitrogen and oxygen atoms in total. The number of esters is 4. The van der Waals surface area contributed by atoms with Crippen molar-refractivity contribution in [2.45, 2.75) is 354 Å². The van der Waals surface area contributed by atoms with Gasteiger partial charge in [-0.15, -0.1) is 0 Å². The van der Waals surface area contributed by atoms with E-state index in [1.165, 1.54) is 154 Å². The van der Waals surface area contributed by atoms with Crippen molar-refractivity contribution >= 4 is 39.5 Å². The highest BCUT2D eigenvalue weighted by molar-refractivity contribution is 7.47. The molecule has 5 atom stereocenters. The van der Waals surface area contributed by atoms with Crippen molar-refractivity contribution in [1.82, 2.24) is 0 Å². The normalized spacial score (nSPS) is 14.1. The number of ether oxygens (including phenoxy) is 4. The summed E-state index contributed by atoms with van der Waals surface area (Å²) in [4.78, 5) is 71.9. The zero-order valence-electron chi connectivity index (χ0n) is 53.9. The molecule has 0 aliphatic heterocycles. The molecule has 0 bridgehead atoms. The molecule has 0 aromatic rings. The van der Waals surface area contributed by atoms with Gasteiger partial charge in [-0.05, 0) is 25.7 Å². The second kappa shape index (κ2) is 60.0. The van der Waals surface area contributed by atoms with E-state index in [0.717, 1.165) is 103 Å². The summed E-state index contributed by atoms with van der Waals surface area (Å²) < 4.78 is 67.7. The standard InChI is InChI=1S/C65H126O17P2/c1-5-9-13-17-20-23-25-26-27-28-29-30-31-32-33-35-37-40-44-48-52-65(70)82-61(56-76-63(68)50-46-42-39-36-34-24-21-18-14-10-6-2)58-80-84(73,74)78-54-59(66)53-77-83(71,72)79-57-60(55-75-62(67)49-45-41-16-12-8-4)81-64(69)51-47-43-38-22-19-15-11-7-3/h59-61,66H,5-58H2,1-4H3,(H,71,72)(H,73,74)/t59-,60+,61+/m0/s1. The number of phosphoric ester groups is 2. The summed E-state index contributed by atoms with van der Waals surface area (Å²) in [5.74, 6) is -2.14. The average Bonchev–Trinajstić information content (AvgIpc) is 3.61. The lowest BCUT2D eigenvalue weighted by molar-refractivity contribution is -0.161. The van der Waals surface area contributed by atoms with E-state index in [4.69, 9.17) is 37.0 Å². The van der Waals surface area contributed by atoms with Crippen molar-refractivity contribution in [3.8, 4) is 0 Å². The maximum absolute atomic E-state index is 13.0. The molecule has 2 unspecified atom stereocenters. The van der Waals surface area contributed by atoms with E-state index in [1.807, 2.05) is 0 Å². The lowest BCUT2D eigenvalue weighted by Crippen LogP contribution is -2.30. The first-order valence-corrected chi connectivity index (χ1v) is 37.3. The van der Waals surface area contributed by atoms with Crippen LogP contribution < -0.4 is 0 Å². The van der Waals surface area contributed by atoms with Gasteiger partial charge in [-0.2, -0.15) is 0 Å². The third-order valence-corrected chi connectivity index (χ3v) is 17.0. The molecule has 0 fully saturated rings. The van der Waals surface area contributed by atoms with E-state index in [-0.39, 0.29) is 25.7 Å². The van der Waals surface area contributed by atoms with Crippen LogP contribution in [0.5, 0.6) is 0 Å². The summed E-state index contributed by atoms with van der Waals surface area (Å²) in [7, 11) is -9.87. The van der Waals surface area contributed by atoms with Crippen LogP contribution in [0.4, 0.5) is 0 Å². The van der Waals surface area contributed by atoms with Crippen LogP contribution >= 0.6 is 15.6 Å². The Bertz CT molecular complexity index is 1620. The molecule has 0 aromatic carbocycles. The maximum atomic E-state index is 13.0. The van der Waals surface area contributed by atoms with Crippen molar-refractivity contribution in [3.05, 3.63) is 0 Å². The van der Waals surface area contributed by atoms with Gasteiger partial charge in [-0.25, -0.2) is 9.13 Å². The first-order valence-electron chi connectivity index (χ1n) is 34.3. The highest BCUT2D eigenvalue weighted by Gasteiger charge is 2.30. The predicted molar refractivity (Wildman–Crippen MR) is 335 cm³/mol. The molecule has 0 radical (unpaired) electrons. The van der Waals surface area contributed by atoms with Gasteiger partial charge in [-0.1, -0.05) is 285 Å². The van der Waals surface area contributed by atoms with E-state index >= 15 is 0 Å². The van der Waals surface area contributed by atoms with Gasteiger partial charge in [0.15, 0.2) is 12.2 Å². The number of carbonyl (C=O) groups is 4. The zero-order valence-corrected chi connectivity index (χ0v) is 55.7. The second-order valence-corrected chi connectivity index (χ2v) is 26.4. The Labute approximate surface area is 511 Å². The maximum Gasteiger partial charge on any atom is 0.472 e. The summed E-state index contributed by atoms with van der Waals surface area (Å²) in [6.07, 6.45) is 46.4. The van der Waals surface area contributed by atoms with Gasteiger partial charge in [0.05, 0.1) is 26.4 Å². The first-order chi connectivity index (χ1) is 40.7. The van der Waals surface area contributed by atoms with Gasteiger partial charge in [-0.3, -0.25) is 37.3 Å². The van der Waals surface area contributed by atoms with E-state index in [0.29, 0.717) is 25.7 Å². The van der Waals surface area contributed by atoms with Crippen molar-refractivity contribution in [2.24, 2.45) is 0 Å². The van der Waals surface area contributed by atoms with E-state index in [2.05, 4.69) is 27.7 Å². The number of aliphatic hydroxyl groups excluding tert-OH is 1. The molecular weight excluding hydrogens is 1110 g/mol. The van der Waals surface area contributed by atoms with Crippen molar-refractivity contribution in [2.75, 3.05) is 39.6 Å². The molecule has 0 heterocycles. The molecule has 0 aliphatic carbocycles. The van der Waals surface area contributed by atoms with Crippen LogP contribution in [-0.2, 0) is 65.4 Å². The quantitative estimate of drug-likeness (QED) is 0.0222. The topological polar surface area (TPSA) is 237 Å². The third kappa shape index (κ3) is 59.0. The highest BCUT2D eigenvalue weighted by atomic mass is 31.2. The van der Waals surface area contributed by atoms with Crippen molar-refractivity contribution < 1.29 is 80.2 Å². The molecular formula is C65H126O17P2. The number of carbonyl (C=O) groups excluding carboxylic acids is 4. The molecule has 0 aromatic heterocycles. The SMILES string of the molecule is CCCCCCCCCCCCCCCCCCCCCCC(=O)O[C@H](COC(=O)CCCCCCCCCCCCC)COP(=O)(O)OC[C@@H](O)COP(=O)(O)OC[C@@H](COC(=O)CCCCCCC)OC(=O)CCCCCCCCCC. The van der Waals surface area contributed by atoms with Gasteiger partial charge in [0.25, 0.3) is 0 Å². The lowest BCUT2D eigenvalue weighted by atomic mass is 10.0. The van der Waals surface area contributed by atoms with Gasteiger partial charge in [0.1, 0.15) is 19.3 Å². The summed E-state index contributed by atoms with van der Waals surface area (Å²) in [6, 6.07) is 0. The Kier molecular flexibility index (Phi) is 58.6. The van der Waals surface area contributed by atoms with Crippen LogP contribution in [0.1, 0.15) is 336 Å². The summed E-state index contributed by atoms with van der Waals surface area (Å²) in [6.45, 7) is 4.78. The van der Waals surface area contributed by atoms with E-state index in [9.17, 15) is 43.2 Å². The Morgan fingerprint density at radius 3 is 0.702 bits per heavy atom. The molecule has 0 saturated heterocycles. The Hall–Kier alpha value is -1.94. The van der Waals surface area contributed by atoms with Gasteiger partial charge >= 0.3 is 39.5 Å². The minimum atomic E-state index is -4.94. The second-order valence-electron chi connectivity index (χ2n) is 23.5. The van der Waals surface area contributed by atoms with E-state index in [1.54, 1.807) is 0 Å². The minimum absolute atomic E-state index is 0.104. The van der Waals surface area contributed by atoms with Crippen LogP contribution in [-0.4, -0.2) is 96.7 Å². The first kappa shape index (κ1) is 82.1. The van der Waals surface area contributed by atoms with Crippen LogP contribution in [0.25, 0.3) is 0 Å². The van der Waals surface area contributed by atoms with E-state index < -0.39 is 97.5 Å².